The van der Waals surface area contributed by atoms with Gasteiger partial charge in [-0.05, 0) is 25.3 Å². The van der Waals surface area contributed by atoms with Crippen molar-refractivity contribution in [2.24, 2.45) is 10.9 Å². The lowest BCUT2D eigenvalue weighted by Crippen LogP contribution is -2.69. The number of hydrogen-bond acceptors (Lipinski definition) is 8. The normalized spacial score (nSPS) is 29.0. The van der Waals surface area contributed by atoms with Crippen molar-refractivity contribution in [2.75, 3.05) is 18.9 Å². The SMILES string of the molecule is CC1CCN(C(=O)CC#N)C(O)(O)C1N(C)C1=NC(O)C(C)Nc2[nH]ccc21. The van der Waals surface area contributed by atoms with Crippen molar-refractivity contribution in [2.45, 2.75) is 50.9 Å². The van der Waals surface area contributed by atoms with E-state index in [1.807, 2.05) is 6.92 Å². The third-order valence-corrected chi connectivity index (χ3v) is 5.49. The van der Waals surface area contributed by atoms with Crippen LogP contribution in [-0.2, 0) is 4.79 Å². The number of rotatable bonds is 2. The number of hydrogen-bond donors (Lipinski definition) is 5. The zero-order chi connectivity index (χ0) is 20.6. The molecule has 0 saturated carbocycles. The van der Waals surface area contributed by atoms with Gasteiger partial charge in [-0.3, -0.25) is 9.69 Å². The van der Waals surface area contributed by atoms with Gasteiger partial charge in [0.15, 0.2) is 6.23 Å². The van der Waals surface area contributed by atoms with Crippen LogP contribution in [0.3, 0.4) is 0 Å². The molecule has 1 saturated heterocycles. The van der Waals surface area contributed by atoms with Crippen LogP contribution < -0.4 is 5.32 Å². The lowest BCUT2D eigenvalue weighted by Gasteiger charge is -2.50. The second-order valence-electron chi connectivity index (χ2n) is 7.45. The van der Waals surface area contributed by atoms with Crippen LogP contribution in [-0.4, -0.2) is 79.7 Å². The molecule has 2 aliphatic heterocycles. The van der Waals surface area contributed by atoms with Crippen molar-refractivity contribution in [3.8, 4) is 6.07 Å². The summed E-state index contributed by atoms with van der Waals surface area (Å²) >= 11 is 0. The molecule has 0 radical (unpaired) electrons. The number of likely N-dealkylation sites (tertiary alicyclic amines) is 1. The largest absolute Gasteiger partial charge is 0.370 e. The van der Waals surface area contributed by atoms with Gasteiger partial charge in [-0.2, -0.15) is 5.26 Å². The predicted octanol–water partition coefficient (Wildman–Crippen LogP) is -0.385. The number of amidine groups is 1. The Bertz CT molecular complexity index is 813. The molecule has 2 aliphatic rings. The predicted molar refractivity (Wildman–Crippen MR) is 101 cm³/mol. The molecule has 0 spiro atoms. The number of piperidine rings is 1. The number of nitrogens with zero attached hydrogens (tertiary/aromatic N) is 4. The smallest absolute Gasteiger partial charge is 0.270 e. The minimum Gasteiger partial charge on any atom is -0.370 e. The standard InChI is InChI=1S/C18H26N6O4/c1-10-6-9-24(13(25)4-7-19)18(27,28)14(10)23(3)16-12-5-8-20-15(12)21-11(2)17(26)22-16/h5,8,10-11,14,17,20-21,26-28H,4,6,9H2,1-3H3. The first-order valence-electron chi connectivity index (χ1n) is 9.23. The average molecular weight is 390 g/mol. The van der Waals surface area contributed by atoms with Crippen LogP contribution in [0.5, 0.6) is 0 Å². The highest BCUT2D eigenvalue weighted by Crippen LogP contribution is 2.34. The Kier molecular flexibility index (Phi) is 5.34. The molecule has 152 valence electrons. The molecule has 1 aromatic heterocycles. The highest BCUT2D eigenvalue weighted by atomic mass is 16.5. The quantitative estimate of drug-likeness (QED) is 0.432. The molecular formula is C18H26N6O4. The topological polar surface area (TPSA) is 148 Å². The van der Waals surface area contributed by atoms with Gasteiger partial charge < -0.3 is 30.5 Å². The fourth-order valence-corrected chi connectivity index (χ4v) is 4.01. The molecule has 3 rings (SSSR count). The molecule has 28 heavy (non-hydrogen) atoms. The van der Waals surface area contributed by atoms with Gasteiger partial charge in [-0.1, -0.05) is 6.92 Å². The van der Waals surface area contributed by atoms with E-state index in [2.05, 4.69) is 15.3 Å². The van der Waals surface area contributed by atoms with Crippen LogP contribution in [0.2, 0.25) is 0 Å². The van der Waals surface area contributed by atoms with Crippen LogP contribution in [0, 0.1) is 17.2 Å². The average Bonchev–Trinajstić information content (AvgIpc) is 3.02. The van der Waals surface area contributed by atoms with E-state index in [9.17, 15) is 20.1 Å². The number of likely N-dealkylation sites (N-methyl/N-ethyl adjacent to an activating group) is 1. The highest BCUT2D eigenvalue weighted by molar-refractivity contribution is 6.03. The van der Waals surface area contributed by atoms with Gasteiger partial charge >= 0.3 is 0 Å². The van der Waals surface area contributed by atoms with Crippen LogP contribution in [0.4, 0.5) is 5.82 Å². The lowest BCUT2D eigenvalue weighted by molar-refractivity contribution is -0.302. The summed E-state index contributed by atoms with van der Waals surface area (Å²) in [6.07, 6.45) is 0.778. The number of aromatic amines is 1. The molecule has 10 heteroatoms. The first-order chi connectivity index (χ1) is 13.2. The summed E-state index contributed by atoms with van der Waals surface area (Å²) in [6.45, 7) is 3.79. The minimum atomic E-state index is -2.49. The third-order valence-electron chi connectivity index (χ3n) is 5.49. The molecule has 0 aromatic carbocycles. The number of nitriles is 1. The monoisotopic (exact) mass is 390 g/mol. The summed E-state index contributed by atoms with van der Waals surface area (Å²) in [7, 11) is 1.65. The van der Waals surface area contributed by atoms with Gasteiger partial charge in [0.1, 0.15) is 24.1 Å². The first-order valence-corrected chi connectivity index (χ1v) is 9.23. The maximum atomic E-state index is 12.3. The Morgan fingerprint density at radius 2 is 2.21 bits per heavy atom. The molecule has 1 fully saturated rings. The van der Waals surface area contributed by atoms with E-state index < -0.39 is 30.5 Å². The van der Waals surface area contributed by atoms with Crippen molar-refractivity contribution in [3.63, 3.8) is 0 Å². The number of aromatic nitrogens is 1. The molecular weight excluding hydrogens is 364 g/mol. The minimum absolute atomic E-state index is 0.141. The van der Waals surface area contributed by atoms with Crippen molar-refractivity contribution in [1.82, 2.24) is 14.8 Å². The Morgan fingerprint density at radius 1 is 1.50 bits per heavy atom. The number of aliphatic imine (C=N–C) groups is 1. The number of H-pyrrole nitrogens is 1. The molecule has 1 aromatic rings. The van der Waals surface area contributed by atoms with E-state index >= 15 is 0 Å². The van der Waals surface area contributed by atoms with E-state index in [0.717, 1.165) is 4.90 Å². The molecule has 1 amide bonds. The zero-order valence-electron chi connectivity index (χ0n) is 16.1. The van der Waals surface area contributed by atoms with Crippen LogP contribution >= 0.6 is 0 Å². The lowest BCUT2D eigenvalue weighted by atomic mass is 9.88. The molecule has 4 atom stereocenters. The molecule has 5 N–H and O–H groups in total. The van der Waals surface area contributed by atoms with Crippen LogP contribution in [0.15, 0.2) is 17.3 Å². The van der Waals surface area contributed by atoms with Crippen molar-refractivity contribution in [3.05, 3.63) is 17.8 Å². The van der Waals surface area contributed by atoms with Crippen LogP contribution in [0.25, 0.3) is 0 Å². The molecule has 4 unspecified atom stereocenters. The van der Waals surface area contributed by atoms with Gasteiger partial charge in [0.2, 0.25) is 5.91 Å². The Hall–Kier alpha value is -2.61. The molecule has 0 bridgehead atoms. The van der Waals surface area contributed by atoms with Gasteiger partial charge in [0.25, 0.3) is 5.91 Å². The number of aliphatic hydroxyl groups excluding tert-OH is 1. The maximum absolute atomic E-state index is 12.3. The third kappa shape index (κ3) is 3.32. The van der Waals surface area contributed by atoms with E-state index in [1.165, 1.54) is 0 Å². The number of aliphatic hydroxyl groups is 3. The molecule has 3 heterocycles. The Morgan fingerprint density at radius 3 is 2.89 bits per heavy atom. The second kappa shape index (κ2) is 7.43. The highest BCUT2D eigenvalue weighted by Gasteiger charge is 2.52. The summed E-state index contributed by atoms with van der Waals surface area (Å²) in [5.74, 6) is -2.29. The number of carbonyl (C=O) groups is 1. The Labute approximate surface area is 163 Å². The van der Waals surface area contributed by atoms with Gasteiger partial charge in [-0.15, -0.1) is 0 Å². The summed E-state index contributed by atoms with van der Waals surface area (Å²) < 4.78 is 0. The number of nitrogens with one attached hydrogen (secondary N) is 2. The summed E-state index contributed by atoms with van der Waals surface area (Å²) in [4.78, 5) is 22.2. The van der Waals surface area contributed by atoms with Gasteiger partial charge in [0.05, 0.1) is 17.7 Å². The summed E-state index contributed by atoms with van der Waals surface area (Å²) in [5, 5.41) is 44.1. The number of fused-ring (bicyclic) bond motifs is 1. The van der Waals surface area contributed by atoms with Gasteiger partial charge in [0, 0.05) is 19.8 Å². The molecule has 10 nitrogen and oxygen atoms in total. The number of amides is 1. The zero-order valence-corrected chi connectivity index (χ0v) is 16.1. The fourth-order valence-electron chi connectivity index (χ4n) is 4.01. The van der Waals surface area contributed by atoms with Crippen molar-refractivity contribution < 1.29 is 20.1 Å². The Balaban J connectivity index is 2.00. The van der Waals surface area contributed by atoms with Crippen molar-refractivity contribution in [1.29, 1.82) is 5.26 Å². The fraction of sp³-hybridized carbons (Fsp3) is 0.611. The van der Waals surface area contributed by atoms with Crippen molar-refractivity contribution >= 4 is 17.6 Å². The van der Waals surface area contributed by atoms with E-state index in [4.69, 9.17) is 5.26 Å². The molecule has 0 aliphatic carbocycles. The second-order valence-corrected chi connectivity index (χ2v) is 7.45. The number of carbonyl (C=O) groups excluding carboxylic acids is 1. The summed E-state index contributed by atoms with van der Waals surface area (Å²) in [5.41, 5.74) is 0.675. The van der Waals surface area contributed by atoms with E-state index in [1.54, 1.807) is 37.2 Å². The van der Waals surface area contributed by atoms with Crippen LogP contribution in [0.1, 0.15) is 32.3 Å². The maximum Gasteiger partial charge on any atom is 0.270 e. The van der Waals surface area contributed by atoms with E-state index in [0.29, 0.717) is 23.6 Å². The first kappa shape index (κ1) is 20.1. The number of anilines is 1. The van der Waals surface area contributed by atoms with Gasteiger partial charge in [-0.25, -0.2) is 4.99 Å². The summed E-state index contributed by atoms with van der Waals surface area (Å²) in [6, 6.07) is 2.27. The van der Waals surface area contributed by atoms with E-state index in [-0.39, 0.29) is 18.5 Å².